The Balaban J connectivity index is 1.93. The zero-order chi connectivity index (χ0) is 18.4. The van der Waals surface area contributed by atoms with Crippen LogP contribution in [-0.4, -0.2) is 38.3 Å². The summed E-state index contributed by atoms with van der Waals surface area (Å²) in [6.45, 7) is 0. The number of aryl methyl sites for hydroxylation is 1. The quantitative estimate of drug-likeness (QED) is 0.485. The molecule has 1 atom stereocenters. The monoisotopic (exact) mass is 345 g/mol. The van der Waals surface area contributed by atoms with Gasteiger partial charge in [0.1, 0.15) is 11.8 Å². The van der Waals surface area contributed by atoms with Crippen LogP contribution in [0.2, 0.25) is 0 Å². The van der Waals surface area contributed by atoms with Crippen LogP contribution in [-0.2, 0) is 22.4 Å². The molecule has 132 valence electrons. The van der Waals surface area contributed by atoms with Crippen molar-refractivity contribution < 1.29 is 30.0 Å². The highest BCUT2D eigenvalue weighted by Gasteiger charge is 2.20. The molecule has 7 nitrogen and oxygen atoms in total. The molecular weight excluding hydrogens is 326 g/mol. The number of phenolic OH excluding ortho intramolecular Hbond substituents is 3. The fourth-order valence-corrected chi connectivity index (χ4v) is 2.32. The molecule has 1 amide bonds. The largest absolute Gasteiger partial charge is 0.508 e. The number of amides is 1. The Hall–Kier alpha value is -3.22. The Morgan fingerprint density at radius 2 is 1.56 bits per heavy atom. The van der Waals surface area contributed by atoms with Gasteiger partial charge in [-0.05, 0) is 41.8 Å². The number of hydrogen-bond acceptors (Lipinski definition) is 5. The van der Waals surface area contributed by atoms with E-state index in [1.165, 1.54) is 30.3 Å². The molecule has 0 saturated carbocycles. The number of nitrogens with one attached hydrogen (secondary N) is 1. The van der Waals surface area contributed by atoms with Crippen LogP contribution < -0.4 is 5.32 Å². The van der Waals surface area contributed by atoms with E-state index in [1.807, 2.05) is 0 Å². The summed E-state index contributed by atoms with van der Waals surface area (Å²) in [6, 6.07) is 9.27. The summed E-state index contributed by atoms with van der Waals surface area (Å²) in [4.78, 5) is 23.3. The first kappa shape index (κ1) is 18.1. The van der Waals surface area contributed by atoms with Crippen LogP contribution >= 0.6 is 0 Å². The number of rotatable bonds is 7. The first-order chi connectivity index (χ1) is 11.8. The van der Waals surface area contributed by atoms with Gasteiger partial charge in [-0.3, -0.25) is 4.79 Å². The molecule has 0 bridgehead atoms. The van der Waals surface area contributed by atoms with Crippen molar-refractivity contribution in [3.63, 3.8) is 0 Å². The standard InChI is InChI=1S/C18H19NO6/c20-13-5-1-11(2-6-13)4-8-17(23)19-14(18(24)25)9-12-3-7-15(21)16(22)10-12/h1-3,5-7,10,14,20-22H,4,8-9H2,(H,19,23)(H,24,25)/t14-/m0/s1. The van der Waals surface area contributed by atoms with Gasteiger partial charge >= 0.3 is 5.97 Å². The van der Waals surface area contributed by atoms with E-state index in [4.69, 9.17) is 0 Å². The number of aromatic hydroxyl groups is 3. The predicted octanol–water partition coefficient (Wildman–Crippen LogP) is 1.55. The zero-order valence-corrected chi connectivity index (χ0v) is 13.3. The van der Waals surface area contributed by atoms with Crippen molar-refractivity contribution in [2.24, 2.45) is 0 Å². The Kier molecular flexibility index (Phi) is 5.84. The SMILES string of the molecule is O=C(CCc1ccc(O)cc1)N[C@@H](Cc1ccc(O)c(O)c1)C(=O)O. The van der Waals surface area contributed by atoms with E-state index in [2.05, 4.69) is 5.32 Å². The third-order valence-corrected chi connectivity index (χ3v) is 3.69. The maximum atomic E-state index is 12.0. The van der Waals surface area contributed by atoms with E-state index in [9.17, 15) is 30.0 Å². The first-order valence-corrected chi connectivity index (χ1v) is 7.66. The minimum Gasteiger partial charge on any atom is -0.508 e. The molecule has 2 aromatic rings. The molecule has 0 unspecified atom stereocenters. The lowest BCUT2D eigenvalue weighted by atomic mass is 10.0. The molecule has 25 heavy (non-hydrogen) atoms. The normalized spacial score (nSPS) is 11.7. The molecule has 0 aromatic heterocycles. The van der Waals surface area contributed by atoms with E-state index in [-0.39, 0.29) is 30.1 Å². The van der Waals surface area contributed by atoms with Crippen molar-refractivity contribution >= 4 is 11.9 Å². The Morgan fingerprint density at radius 1 is 0.920 bits per heavy atom. The van der Waals surface area contributed by atoms with Crippen LogP contribution in [0.1, 0.15) is 17.5 Å². The van der Waals surface area contributed by atoms with Gasteiger partial charge in [-0.25, -0.2) is 4.79 Å². The molecule has 0 spiro atoms. The number of phenols is 3. The third-order valence-electron chi connectivity index (χ3n) is 3.69. The number of carbonyl (C=O) groups excluding carboxylic acids is 1. The average molecular weight is 345 g/mol. The summed E-state index contributed by atoms with van der Waals surface area (Å²) >= 11 is 0. The summed E-state index contributed by atoms with van der Waals surface area (Å²) in [5.41, 5.74) is 1.32. The van der Waals surface area contributed by atoms with E-state index in [1.54, 1.807) is 12.1 Å². The van der Waals surface area contributed by atoms with Gasteiger partial charge in [0, 0.05) is 12.8 Å². The second-order valence-electron chi connectivity index (χ2n) is 5.65. The Labute approximate surface area is 144 Å². The van der Waals surface area contributed by atoms with Crippen molar-refractivity contribution in [1.82, 2.24) is 5.32 Å². The number of carboxylic acids is 1. The zero-order valence-electron chi connectivity index (χ0n) is 13.3. The van der Waals surface area contributed by atoms with Gasteiger partial charge in [0.05, 0.1) is 0 Å². The molecule has 2 rings (SSSR count). The molecular formula is C18H19NO6. The van der Waals surface area contributed by atoms with Crippen LogP contribution in [0, 0.1) is 0 Å². The lowest BCUT2D eigenvalue weighted by molar-refractivity contribution is -0.141. The van der Waals surface area contributed by atoms with Crippen LogP contribution in [0.4, 0.5) is 0 Å². The van der Waals surface area contributed by atoms with Crippen molar-refractivity contribution in [2.75, 3.05) is 0 Å². The highest BCUT2D eigenvalue weighted by Crippen LogP contribution is 2.25. The highest BCUT2D eigenvalue weighted by molar-refractivity contribution is 5.83. The van der Waals surface area contributed by atoms with Gasteiger partial charge < -0.3 is 25.7 Å². The molecule has 0 saturated heterocycles. The fraction of sp³-hybridized carbons (Fsp3) is 0.222. The third kappa shape index (κ3) is 5.42. The average Bonchev–Trinajstić information content (AvgIpc) is 2.57. The lowest BCUT2D eigenvalue weighted by Gasteiger charge is -2.15. The molecule has 5 N–H and O–H groups in total. The first-order valence-electron chi connectivity index (χ1n) is 7.66. The number of hydrogen-bond donors (Lipinski definition) is 5. The van der Waals surface area contributed by atoms with Crippen LogP contribution in [0.15, 0.2) is 42.5 Å². The second-order valence-corrected chi connectivity index (χ2v) is 5.65. The Morgan fingerprint density at radius 3 is 2.16 bits per heavy atom. The molecule has 0 radical (unpaired) electrons. The topological polar surface area (TPSA) is 127 Å². The van der Waals surface area contributed by atoms with Gasteiger partial charge in [-0.2, -0.15) is 0 Å². The number of carboxylic acid groups (broad SMARTS) is 1. The lowest BCUT2D eigenvalue weighted by Crippen LogP contribution is -2.42. The summed E-state index contributed by atoms with van der Waals surface area (Å²) in [5, 5.41) is 39.7. The van der Waals surface area contributed by atoms with Crippen LogP contribution in [0.5, 0.6) is 17.2 Å². The molecule has 7 heteroatoms. The minimum absolute atomic E-state index is 0.0197. The van der Waals surface area contributed by atoms with Crippen molar-refractivity contribution in [3.8, 4) is 17.2 Å². The maximum absolute atomic E-state index is 12.0. The molecule has 0 aliphatic heterocycles. The van der Waals surface area contributed by atoms with E-state index in [0.717, 1.165) is 5.56 Å². The summed E-state index contributed by atoms with van der Waals surface area (Å²) in [7, 11) is 0. The highest BCUT2D eigenvalue weighted by atomic mass is 16.4. The predicted molar refractivity (Wildman–Crippen MR) is 89.5 cm³/mol. The summed E-state index contributed by atoms with van der Waals surface area (Å²) in [6.07, 6.45) is 0.502. The molecule has 0 fully saturated rings. The van der Waals surface area contributed by atoms with Crippen molar-refractivity contribution in [1.29, 1.82) is 0 Å². The van der Waals surface area contributed by atoms with E-state index < -0.39 is 17.9 Å². The summed E-state index contributed by atoms with van der Waals surface area (Å²) < 4.78 is 0. The number of benzene rings is 2. The van der Waals surface area contributed by atoms with Gasteiger partial charge in [0.2, 0.25) is 5.91 Å². The summed E-state index contributed by atoms with van der Waals surface area (Å²) in [5.74, 6) is -2.11. The van der Waals surface area contributed by atoms with E-state index in [0.29, 0.717) is 12.0 Å². The Bertz CT molecular complexity index is 757. The number of carbonyl (C=O) groups is 2. The van der Waals surface area contributed by atoms with Crippen molar-refractivity contribution in [2.45, 2.75) is 25.3 Å². The second kappa shape index (κ2) is 8.05. The van der Waals surface area contributed by atoms with Gasteiger partial charge in [-0.1, -0.05) is 18.2 Å². The van der Waals surface area contributed by atoms with Crippen LogP contribution in [0.3, 0.4) is 0 Å². The smallest absolute Gasteiger partial charge is 0.326 e. The van der Waals surface area contributed by atoms with E-state index >= 15 is 0 Å². The molecule has 2 aromatic carbocycles. The maximum Gasteiger partial charge on any atom is 0.326 e. The number of aliphatic carboxylic acids is 1. The fourth-order valence-electron chi connectivity index (χ4n) is 2.32. The minimum atomic E-state index is -1.19. The van der Waals surface area contributed by atoms with Gasteiger partial charge in [0.15, 0.2) is 11.5 Å². The molecule has 0 heterocycles. The van der Waals surface area contributed by atoms with Crippen molar-refractivity contribution in [3.05, 3.63) is 53.6 Å². The van der Waals surface area contributed by atoms with Gasteiger partial charge in [-0.15, -0.1) is 0 Å². The van der Waals surface area contributed by atoms with Gasteiger partial charge in [0.25, 0.3) is 0 Å². The van der Waals surface area contributed by atoms with Crippen LogP contribution in [0.25, 0.3) is 0 Å². The molecule has 0 aliphatic carbocycles. The molecule has 0 aliphatic rings.